The zero-order valence-electron chi connectivity index (χ0n) is 7.59. The first-order valence-corrected chi connectivity index (χ1v) is 5.32. The fourth-order valence-corrected chi connectivity index (χ4v) is 2.95. The molecule has 0 saturated carbocycles. The summed E-state index contributed by atoms with van der Waals surface area (Å²) in [5.74, 6) is 0.610. The average Bonchev–Trinajstić information content (AvgIpc) is 2.34. The van der Waals surface area contributed by atoms with Crippen LogP contribution < -0.4 is 11.1 Å². The molecular weight excluding hydrogens is 172 g/mol. The average molecular weight is 188 g/mol. The highest BCUT2D eigenvalue weighted by atomic mass is 32.2. The van der Waals surface area contributed by atoms with Crippen molar-refractivity contribution in [3.8, 4) is 0 Å². The maximum atomic E-state index is 11.2. The van der Waals surface area contributed by atoms with Crippen LogP contribution in [0.5, 0.6) is 0 Å². The van der Waals surface area contributed by atoms with E-state index in [-0.39, 0.29) is 5.91 Å². The van der Waals surface area contributed by atoms with Crippen LogP contribution in [0.2, 0.25) is 0 Å². The van der Waals surface area contributed by atoms with Gasteiger partial charge in [0.25, 0.3) is 0 Å². The van der Waals surface area contributed by atoms with Crippen LogP contribution >= 0.6 is 11.8 Å². The molecule has 2 atom stereocenters. The Labute approximate surface area is 77.5 Å². The van der Waals surface area contributed by atoms with Gasteiger partial charge in [-0.15, -0.1) is 0 Å². The van der Waals surface area contributed by atoms with Crippen molar-refractivity contribution >= 4 is 17.7 Å². The van der Waals surface area contributed by atoms with Crippen LogP contribution in [0, 0.1) is 0 Å². The molecule has 0 bridgehead atoms. The summed E-state index contributed by atoms with van der Waals surface area (Å²) in [4.78, 5) is 11.2. The second-order valence-electron chi connectivity index (χ2n) is 3.30. The van der Waals surface area contributed by atoms with Gasteiger partial charge in [0, 0.05) is 11.0 Å². The lowest BCUT2D eigenvalue weighted by Crippen LogP contribution is -2.55. The van der Waals surface area contributed by atoms with Crippen molar-refractivity contribution in [2.45, 2.75) is 31.1 Å². The van der Waals surface area contributed by atoms with E-state index >= 15 is 0 Å². The van der Waals surface area contributed by atoms with Crippen LogP contribution in [0.4, 0.5) is 0 Å². The molecule has 1 aliphatic heterocycles. The first-order valence-electron chi connectivity index (χ1n) is 4.27. The predicted octanol–water partition coefficient (Wildman–Crippen LogP) is 0.345. The molecule has 1 saturated heterocycles. The van der Waals surface area contributed by atoms with E-state index in [2.05, 4.69) is 12.2 Å². The second-order valence-corrected chi connectivity index (χ2v) is 4.73. The van der Waals surface area contributed by atoms with Gasteiger partial charge in [-0.05, 0) is 13.0 Å². The minimum atomic E-state index is -0.432. The largest absolute Gasteiger partial charge is 0.368 e. The molecule has 1 heterocycles. The van der Waals surface area contributed by atoms with E-state index in [0.29, 0.717) is 5.25 Å². The van der Waals surface area contributed by atoms with Crippen molar-refractivity contribution in [1.29, 1.82) is 0 Å². The molecule has 0 aromatic heterocycles. The first-order chi connectivity index (χ1) is 5.60. The molecule has 0 radical (unpaired) electrons. The standard InChI is InChI=1S/C8H16N2OS/c1-3-10-8(7(9)11)4-6(2)12-5-8/h6,10H,3-5H2,1-2H3,(H2,9,11). The number of carbonyl (C=O) groups excluding carboxylic acids is 1. The molecular formula is C8H16N2OS. The molecule has 3 nitrogen and oxygen atoms in total. The van der Waals surface area contributed by atoms with E-state index < -0.39 is 5.54 Å². The summed E-state index contributed by atoms with van der Waals surface area (Å²) in [5, 5.41) is 3.73. The third-order valence-electron chi connectivity index (χ3n) is 2.24. The van der Waals surface area contributed by atoms with Gasteiger partial charge in [0.05, 0.1) is 0 Å². The lowest BCUT2D eigenvalue weighted by Gasteiger charge is -2.25. The van der Waals surface area contributed by atoms with Gasteiger partial charge in [-0.1, -0.05) is 13.8 Å². The molecule has 1 aliphatic rings. The maximum absolute atomic E-state index is 11.2. The maximum Gasteiger partial charge on any atom is 0.238 e. The number of carbonyl (C=O) groups is 1. The van der Waals surface area contributed by atoms with Gasteiger partial charge in [0.1, 0.15) is 5.54 Å². The summed E-state index contributed by atoms with van der Waals surface area (Å²) in [7, 11) is 0. The molecule has 1 amide bonds. The Morgan fingerprint density at radius 2 is 2.50 bits per heavy atom. The molecule has 1 rings (SSSR count). The molecule has 0 aromatic rings. The number of thioether (sulfide) groups is 1. The zero-order valence-corrected chi connectivity index (χ0v) is 8.41. The Kier molecular flexibility index (Phi) is 3.01. The molecule has 0 aromatic carbocycles. The molecule has 0 aliphatic carbocycles. The fraction of sp³-hybridized carbons (Fsp3) is 0.875. The molecule has 3 N–H and O–H groups in total. The van der Waals surface area contributed by atoms with Crippen LogP contribution in [0.1, 0.15) is 20.3 Å². The van der Waals surface area contributed by atoms with E-state index in [1.54, 1.807) is 0 Å². The van der Waals surface area contributed by atoms with Crippen LogP contribution in [-0.4, -0.2) is 29.0 Å². The van der Waals surface area contributed by atoms with Crippen LogP contribution in [0.3, 0.4) is 0 Å². The minimum Gasteiger partial charge on any atom is -0.368 e. The summed E-state index contributed by atoms with van der Waals surface area (Å²) in [6, 6.07) is 0. The normalized spacial score (nSPS) is 35.3. The third-order valence-corrected chi connectivity index (χ3v) is 3.63. The Hall–Kier alpha value is -0.220. The van der Waals surface area contributed by atoms with Crippen molar-refractivity contribution in [2.24, 2.45) is 5.73 Å². The summed E-state index contributed by atoms with van der Waals surface area (Å²) < 4.78 is 0. The quantitative estimate of drug-likeness (QED) is 0.672. The zero-order chi connectivity index (χ0) is 9.19. The van der Waals surface area contributed by atoms with Crippen LogP contribution in [0.15, 0.2) is 0 Å². The van der Waals surface area contributed by atoms with Gasteiger partial charge >= 0.3 is 0 Å². The van der Waals surface area contributed by atoms with Gasteiger partial charge in [0.15, 0.2) is 0 Å². The van der Waals surface area contributed by atoms with Crippen molar-refractivity contribution in [1.82, 2.24) is 5.32 Å². The Balaban J connectivity index is 2.67. The SMILES string of the molecule is CCNC1(C(N)=O)CSC(C)C1. The summed E-state index contributed by atoms with van der Waals surface area (Å²) in [5.41, 5.74) is 4.93. The van der Waals surface area contributed by atoms with Gasteiger partial charge in [0.2, 0.25) is 5.91 Å². The molecule has 12 heavy (non-hydrogen) atoms. The number of amides is 1. The highest BCUT2D eigenvalue weighted by Crippen LogP contribution is 2.33. The highest BCUT2D eigenvalue weighted by Gasteiger charge is 2.42. The fourth-order valence-electron chi connectivity index (χ4n) is 1.61. The van der Waals surface area contributed by atoms with Gasteiger partial charge in [-0.2, -0.15) is 11.8 Å². The first kappa shape index (κ1) is 9.86. The number of hydrogen-bond donors (Lipinski definition) is 2. The smallest absolute Gasteiger partial charge is 0.238 e. The van der Waals surface area contributed by atoms with Crippen LogP contribution in [0.25, 0.3) is 0 Å². The van der Waals surface area contributed by atoms with E-state index in [9.17, 15) is 4.79 Å². The topological polar surface area (TPSA) is 55.1 Å². The van der Waals surface area contributed by atoms with Crippen molar-refractivity contribution in [2.75, 3.05) is 12.3 Å². The number of nitrogens with two attached hydrogens (primary N) is 1. The number of hydrogen-bond acceptors (Lipinski definition) is 3. The minimum absolute atomic E-state index is 0.207. The second kappa shape index (κ2) is 3.66. The van der Waals surface area contributed by atoms with Crippen LogP contribution in [-0.2, 0) is 4.79 Å². The summed E-state index contributed by atoms with van der Waals surface area (Å²) >= 11 is 1.81. The monoisotopic (exact) mass is 188 g/mol. The van der Waals surface area contributed by atoms with Crippen molar-refractivity contribution in [3.63, 3.8) is 0 Å². The predicted molar refractivity (Wildman–Crippen MR) is 52.1 cm³/mol. The highest BCUT2D eigenvalue weighted by molar-refractivity contribution is 8.00. The number of rotatable bonds is 3. The third kappa shape index (κ3) is 1.75. The lowest BCUT2D eigenvalue weighted by atomic mass is 9.95. The summed E-state index contributed by atoms with van der Waals surface area (Å²) in [6.07, 6.45) is 0.862. The number of primary amides is 1. The summed E-state index contributed by atoms with van der Waals surface area (Å²) in [6.45, 7) is 4.93. The van der Waals surface area contributed by atoms with E-state index in [4.69, 9.17) is 5.73 Å². The molecule has 70 valence electrons. The van der Waals surface area contributed by atoms with E-state index in [1.165, 1.54) is 0 Å². The molecule has 1 fully saturated rings. The van der Waals surface area contributed by atoms with Gasteiger partial charge in [-0.3, -0.25) is 4.79 Å². The van der Waals surface area contributed by atoms with Crippen molar-refractivity contribution < 1.29 is 4.79 Å². The van der Waals surface area contributed by atoms with Gasteiger partial charge in [-0.25, -0.2) is 0 Å². The van der Waals surface area contributed by atoms with E-state index in [0.717, 1.165) is 18.7 Å². The number of nitrogens with one attached hydrogen (secondary N) is 1. The Morgan fingerprint density at radius 1 is 1.83 bits per heavy atom. The van der Waals surface area contributed by atoms with E-state index in [1.807, 2.05) is 18.7 Å². The van der Waals surface area contributed by atoms with Gasteiger partial charge < -0.3 is 11.1 Å². The lowest BCUT2D eigenvalue weighted by molar-refractivity contribution is -0.123. The molecule has 2 unspecified atom stereocenters. The Bertz CT molecular complexity index is 182. The van der Waals surface area contributed by atoms with Crippen molar-refractivity contribution in [3.05, 3.63) is 0 Å². The molecule has 0 spiro atoms. The Morgan fingerprint density at radius 3 is 2.83 bits per heavy atom. The molecule has 4 heteroatoms. The number of likely N-dealkylation sites (N-methyl/N-ethyl adjacent to an activating group) is 1.